The van der Waals surface area contributed by atoms with Crippen LogP contribution >= 0.6 is 0 Å². The largest absolute Gasteiger partial charge is 0.462 e. The van der Waals surface area contributed by atoms with Crippen LogP contribution in [0.15, 0.2) is 109 Å². The zero-order chi connectivity index (χ0) is 45.8. The number of esters is 3. The monoisotopic (exact) mass is 873 g/mol. The van der Waals surface area contributed by atoms with Gasteiger partial charge in [-0.05, 0) is 83.5 Å². The van der Waals surface area contributed by atoms with Gasteiger partial charge in [0.25, 0.3) is 0 Å². The number of carbonyl (C=O) groups excluding carboxylic acids is 3. The molecule has 0 aromatic carbocycles. The molecular formula is C57H92O6. The van der Waals surface area contributed by atoms with Gasteiger partial charge in [0.15, 0.2) is 6.10 Å². The molecule has 0 spiro atoms. The third-order valence-corrected chi connectivity index (χ3v) is 10.4. The smallest absolute Gasteiger partial charge is 0.309 e. The quantitative estimate of drug-likeness (QED) is 0.0199. The number of hydrogen-bond donors (Lipinski definition) is 0. The number of carbonyl (C=O) groups is 3. The van der Waals surface area contributed by atoms with E-state index >= 15 is 0 Å². The molecule has 0 aromatic rings. The Bertz CT molecular complexity index is 1330. The van der Waals surface area contributed by atoms with Crippen molar-refractivity contribution in [3.63, 3.8) is 0 Å². The lowest BCUT2D eigenvalue weighted by atomic mass is 10.1. The Kier molecular flexibility index (Phi) is 47.5. The normalized spacial score (nSPS) is 13.0. The minimum absolute atomic E-state index is 0.122. The van der Waals surface area contributed by atoms with E-state index in [9.17, 15) is 14.4 Å². The zero-order valence-corrected chi connectivity index (χ0v) is 40.5. The number of rotatable bonds is 44. The molecule has 0 aliphatic heterocycles. The van der Waals surface area contributed by atoms with E-state index < -0.39 is 12.1 Å². The Morgan fingerprint density at radius 2 is 0.730 bits per heavy atom. The van der Waals surface area contributed by atoms with Crippen LogP contribution < -0.4 is 0 Å². The first kappa shape index (κ1) is 59.1. The Labute approximate surface area is 387 Å². The van der Waals surface area contributed by atoms with Crippen molar-refractivity contribution in [2.75, 3.05) is 13.2 Å². The summed E-state index contributed by atoms with van der Waals surface area (Å²) >= 11 is 0. The minimum Gasteiger partial charge on any atom is -0.462 e. The fraction of sp³-hybridized carbons (Fsp3) is 0.632. The van der Waals surface area contributed by atoms with Gasteiger partial charge in [0.1, 0.15) is 13.2 Å². The second-order valence-electron chi connectivity index (χ2n) is 16.5. The SMILES string of the molecule is CC/C=C\C/C=C\C/C=C\CC(=O)OCC(COC(=O)CCCCCCC\C=C/C=C\C=C/CCCCCCC)OC(=O)CCCCCCC\C=C/C=C\C=C/CCCCCCC. The van der Waals surface area contributed by atoms with Crippen molar-refractivity contribution in [1.82, 2.24) is 0 Å². The van der Waals surface area contributed by atoms with Gasteiger partial charge in [-0.3, -0.25) is 14.4 Å². The molecule has 0 fully saturated rings. The first-order valence-electron chi connectivity index (χ1n) is 25.5. The Morgan fingerprint density at radius 3 is 1.17 bits per heavy atom. The van der Waals surface area contributed by atoms with Crippen molar-refractivity contribution in [3.05, 3.63) is 109 Å². The first-order chi connectivity index (χ1) is 31.0. The molecule has 0 heterocycles. The lowest BCUT2D eigenvalue weighted by Crippen LogP contribution is -2.30. The second kappa shape index (κ2) is 50.7. The molecule has 0 aliphatic rings. The molecule has 63 heavy (non-hydrogen) atoms. The van der Waals surface area contributed by atoms with Gasteiger partial charge < -0.3 is 14.2 Å². The predicted molar refractivity (Wildman–Crippen MR) is 270 cm³/mol. The lowest BCUT2D eigenvalue weighted by molar-refractivity contribution is -0.166. The summed E-state index contributed by atoms with van der Waals surface area (Å²) in [7, 11) is 0. The molecule has 0 aromatic heterocycles. The summed E-state index contributed by atoms with van der Waals surface area (Å²) in [6.45, 7) is 6.34. The lowest BCUT2D eigenvalue weighted by Gasteiger charge is -2.18. The van der Waals surface area contributed by atoms with E-state index in [4.69, 9.17) is 14.2 Å². The van der Waals surface area contributed by atoms with Gasteiger partial charge in [-0.2, -0.15) is 0 Å². The van der Waals surface area contributed by atoms with Crippen LogP contribution in [0.4, 0.5) is 0 Å². The molecule has 1 atom stereocenters. The molecule has 6 nitrogen and oxygen atoms in total. The van der Waals surface area contributed by atoms with E-state index in [-0.39, 0.29) is 38.0 Å². The van der Waals surface area contributed by atoms with E-state index in [0.29, 0.717) is 6.42 Å². The van der Waals surface area contributed by atoms with Crippen LogP contribution in [0.5, 0.6) is 0 Å². The molecule has 0 saturated heterocycles. The van der Waals surface area contributed by atoms with Crippen molar-refractivity contribution < 1.29 is 28.6 Å². The van der Waals surface area contributed by atoms with Gasteiger partial charge in [0.2, 0.25) is 0 Å². The molecule has 6 heteroatoms. The van der Waals surface area contributed by atoms with Gasteiger partial charge in [-0.15, -0.1) is 0 Å². The third-order valence-electron chi connectivity index (χ3n) is 10.4. The first-order valence-corrected chi connectivity index (χ1v) is 25.5. The maximum atomic E-state index is 12.8. The number of allylic oxidation sites excluding steroid dienone is 17. The number of ether oxygens (including phenoxy) is 3. The highest BCUT2D eigenvalue weighted by atomic mass is 16.6. The highest BCUT2D eigenvalue weighted by Gasteiger charge is 2.19. The summed E-state index contributed by atoms with van der Waals surface area (Å²) in [5.41, 5.74) is 0. The Balaban J connectivity index is 4.48. The molecule has 0 saturated carbocycles. The van der Waals surface area contributed by atoms with Crippen LogP contribution in [0, 0.1) is 0 Å². The standard InChI is InChI=1S/C57H92O6/c1-4-7-10-13-16-19-21-23-25-27-29-31-33-35-38-41-44-47-50-56(59)62-53-54(52-61-55(58)49-46-43-40-37-18-15-12-9-6-3)63-57(60)51-48-45-42-39-36-34-32-30-28-26-24-22-20-17-14-11-8-5-2/h9,12,18,21-32,37,43,46,54H,4-8,10-11,13-17,19-20,33-36,38-42,44-45,47-53H2,1-3H3/b12-9-,23-21-,24-22-,27-25-,28-26-,31-29-,32-30-,37-18-,46-43-. The fourth-order valence-corrected chi connectivity index (χ4v) is 6.56. The second-order valence-corrected chi connectivity index (χ2v) is 16.5. The van der Waals surface area contributed by atoms with Crippen molar-refractivity contribution in [2.45, 2.75) is 219 Å². The van der Waals surface area contributed by atoms with Crippen LogP contribution in [0.2, 0.25) is 0 Å². The van der Waals surface area contributed by atoms with Crippen LogP contribution in [-0.4, -0.2) is 37.2 Å². The molecule has 0 rings (SSSR count). The molecule has 0 bridgehead atoms. The summed E-state index contributed by atoms with van der Waals surface area (Å²) in [6, 6.07) is 0. The summed E-state index contributed by atoms with van der Waals surface area (Å²) in [5, 5.41) is 0. The van der Waals surface area contributed by atoms with E-state index in [1.165, 1.54) is 64.2 Å². The van der Waals surface area contributed by atoms with E-state index in [0.717, 1.165) is 109 Å². The van der Waals surface area contributed by atoms with Crippen molar-refractivity contribution in [2.24, 2.45) is 0 Å². The molecule has 0 aliphatic carbocycles. The average molecular weight is 873 g/mol. The van der Waals surface area contributed by atoms with Crippen LogP contribution in [-0.2, 0) is 28.6 Å². The zero-order valence-electron chi connectivity index (χ0n) is 40.5. The van der Waals surface area contributed by atoms with Gasteiger partial charge in [0.05, 0.1) is 6.42 Å². The van der Waals surface area contributed by atoms with Crippen LogP contribution in [0.3, 0.4) is 0 Å². The number of unbranched alkanes of at least 4 members (excludes halogenated alkanes) is 20. The Hall–Kier alpha value is -3.93. The summed E-state index contributed by atoms with van der Waals surface area (Å²) in [6.07, 6.45) is 68.2. The molecular weight excluding hydrogens is 781 g/mol. The third kappa shape index (κ3) is 49.0. The maximum absolute atomic E-state index is 12.8. The average Bonchev–Trinajstić information content (AvgIpc) is 3.28. The van der Waals surface area contributed by atoms with E-state index in [1.54, 1.807) is 6.08 Å². The van der Waals surface area contributed by atoms with E-state index in [2.05, 4.69) is 118 Å². The molecule has 1 unspecified atom stereocenters. The molecule has 0 N–H and O–H groups in total. The topological polar surface area (TPSA) is 78.9 Å². The molecule has 0 amide bonds. The van der Waals surface area contributed by atoms with Gasteiger partial charge in [0, 0.05) is 12.8 Å². The maximum Gasteiger partial charge on any atom is 0.309 e. The van der Waals surface area contributed by atoms with E-state index in [1.807, 2.05) is 6.08 Å². The molecule has 0 radical (unpaired) electrons. The van der Waals surface area contributed by atoms with Crippen molar-refractivity contribution in [3.8, 4) is 0 Å². The summed E-state index contributed by atoms with van der Waals surface area (Å²) in [5.74, 6) is -1.10. The minimum atomic E-state index is -0.834. The molecule has 356 valence electrons. The van der Waals surface area contributed by atoms with Gasteiger partial charge in [-0.1, -0.05) is 220 Å². The van der Waals surface area contributed by atoms with Gasteiger partial charge in [-0.25, -0.2) is 0 Å². The highest BCUT2D eigenvalue weighted by Crippen LogP contribution is 2.12. The van der Waals surface area contributed by atoms with Gasteiger partial charge >= 0.3 is 17.9 Å². The summed E-state index contributed by atoms with van der Waals surface area (Å²) in [4.78, 5) is 37.8. The highest BCUT2D eigenvalue weighted by molar-refractivity contribution is 5.72. The summed E-state index contributed by atoms with van der Waals surface area (Å²) < 4.78 is 16.6. The van der Waals surface area contributed by atoms with Crippen molar-refractivity contribution >= 4 is 17.9 Å². The predicted octanol–water partition coefficient (Wildman–Crippen LogP) is 16.8. The number of hydrogen-bond acceptors (Lipinski definition) is 6. The fourth-order valence-electron chi connectivity index (χ4n) is 6.56. The van der Waals surface area contributed by atoms with Crippen molar-refractivity contribution in [1.29, 1.82) is 0 Å². The van der Waals surface area contributed by atoms with Crippen LogP contribution in [0.1, 0.15) is 213 Å². The van der Waals surface area contributed by atoms with Crippen LogP contribution in [0.25, 0.3) is 0 Å². The Morgan fingerprint density at radius 1 is 0.365 bits per heavy atom.